The van der Waals surface area contributed by atoms with Gasteiger partial charge in [0.2, 0.25) is 5.60 Å². The summed E-state index contributed by atoms with van der Waals surface area (Å²) in [5.41, 5.74) is -2.01. The summed E-state index contributed by atoms with van der Waals surface area (Å²) < 4.78 is 0. The van der Waals surface area contributed by atoms with Crippen LogP contribution in [-0.4, -0.2) is 11.1 Å². The van der Waals surface area contributed by atoms with Gasteiger partial charge in [-0.3, -0.25) is 0 Å². The quantitative estimate of drug-likeness (QED) is 0.890. The zero-order valence-electron chi connectivity index (χ0n) is 7.54. The van der Waals surface area contributed by atoms with E-state index in [2.05, 4.69) is 0 Å². The van der Waals surface area contributed by atoms with Crippen molar-refractivity contribution in [2.45, 2.75) is 5.60 Å². The van der Waals surface area contributed by atoms with Crippen molar-refractivity contribution in [2.24, 2.45) is 0 Å². The van der Waals surface area contributed by atoms with Gasteiger partial charge in [0.15, 0.2) is 0 Å². The minimum Gasteiger partial charge on any atom is -0.369 e. The Balaban J connectivity index is 2.56. The highest BCUT2D eigenvalue weighted by atomic mass is 32.1. The van der Waals surface area contributed by atoms with Gasteiger partial charge in [-0.15, -0.1) is 22.7 Å². The van der Waals surface area contributed by atoms with Gasteiger partial charge in [0, 0.05) is 0 Å². The molecule has 0 spiro atoms. The van der Waals surface area contributed by atoms with Gasteiger partial charge in [0.05, 0.1) is 9.75 Å². The second-order valence-electron chi connectivity index (χ2n) is 2.95. The summed E-state index contributed by atoms with van der Waals surface area (Å²) in [5, 5.41) is 24.7. The summed E-state index contributed by atoms with van der Waals surface area (Å²) in [6.07, 6.45) is 0. The van der Waals surface area contributed by atoms with Crippen LogP contribution in [-0.2, 0) is 15.5 Å². The van der Waals surface area contributed by atoms with Crippen molar-refractivity contribution in [3.63, 3.8) is 0 Å². The van der Waals surface area contributed by atoms with Gasteiger partial charge >= 0.3 is 5.97 Å². The van der Waals surface area contributed by atoms with E-state index < -0.39 is 11.6 Å². The molecule has 0 aliphatic rings. The molecule has 1 radical (unpaired) electrons. The summed E-state index contributed by atoms with van der Waals surface area (Å²) in [5.74, 6) is -1.49. The van der Waals surface area contributed by atoms with Crippen molar-refractivity contribution in [1.29, 1.82) is 0 Å². The van der Waals surface area contributed by atoms with E-state index in [9.17, 15) is 15.0 Å². The Morgan fingerprint density at radius 2 is 1.60 bits per heavy atom. The number of hydrogen-bond acceptors (Lipinski definition) is 4. The molecule has 2 rings (SSSR count). The summed E-state index contributed by atoms with van der Waals surface area (Å²) in [6.45, 7) is 0. The van der Waals surface area contributed by atoms with Crippen LogP contribution < -0.4 is 0 Å². The van der Waals surface area contributed by atoms with E-state index in [4.69, 9.17) is 0 Å². The zero-order chi connectivity index (χ0) is 10.9. The SMILES string of the molecule is [O]C(=O)C(O)(c1cccs1)c1cccs1. The van der Waals surface area contributed by atoms with Crippen molar-refractivity contribution < 1.29 is 15.0 Å². The number of aliphatic hydroxyl groups is 1. The normalized spacial score (nSPS) is 11.5. The largest absolute Gasteiger partial charge is 0.397 e. The summed E-state index contributed by atoms with van der Waals surface area (Å²) >= 11 is 2.38. The predicted octanol–water partition coefficient (Wildman–Crippen LogP) is 2.00. The highest BCUT2D eigenvalue weighted by molar-refractivity contribution is 7.12. The Morgan fingerprint density at radius 3 is 1.87 bits per heavy atom. The molecular weight excluding hydrogens is 232 g/mol. The molecule has 0 atom stereocenters. The standard InChI is InChI=1S/C10H7O3S2/c11-9(12)10(13,7-3-1-5-14-7)8-4-2-6-15-8/h1-6,13H. The molecule has 0 bridgehead atoms. The maximum Gasteiger partial charge on any atom is 0.397 e. The van der Waals surface area contributed by atoms with E-state index in [0.29, 0.717) is 9.75 Å². The molecule has 77 valence electrons. The molecule has 0 aromatic carbocycles. The molecule has 0 aliphatic carbocycles. The lowest BCUT2D eigenvalue weighted by Gasteiger charge is -2.18. The smallest absolute Gasteiger partial charge is 0.369 e. The summed E-state index contributed by atoms with van der Waals surface area (Å²) in [7, 11) is 0. The van der Waals surface area contributed by atoms with E-state index in [1.54, 1.807) is 35.0 Å². The van der Waals surface area contributed by atoms with Gasteiger partial charge in [0.1, 0.15) is 0 Å². The van der Waals surface area contributed by atoms with Gasteiger partial charge in [-0.1, -0.05) is 12.1 Å². The Kier molecular flexibility index (Phi) is 2.60. The van der Waals surface area contributed by atoms with Crippen LogP contribution in [0.15, 0.2) is 35.0 Å². The third-order valence-electron chi connectivity index (χ3n) is 2.05. The second kappa shape index (κ2) is 3.77. The monoisotopic (exact) mass is 239 g/mol. The van der Waals surface area contributed by atoms with Crippen LogP contribution in [0.4, 0.5) is 0 Å². The fourth-order valence-corrected chi connectivity index (χ4v) is 3.01. The van der Waals surface area contributed by atoms with Gasteiger partial charge in [-0.05, 0) is 22.9 Å². The predicted molar refractivity (Wildman–Crippen MR) is 57.3 cm³/mol. The Morgan fingerprint density at radius 1 is 1.13 bits per heavy atom. The Labute approximate surface area is 94.2 Å². The van der Waals surface area contributed by atoms with Crippen LogP contribution in [0.5, 0.6) is 0 Å². The highest BCUT2D eigenvalue weighted by Crippen LogP contribution is 2.35. The molecule has 1 N–H and O–H groups in total. The summed E-state index contributed by atoms with van der Waals surface area (Å²) in [4.78, 5) is 11.8. The molecule has 0 aliphatic heterocycles. The minimum atomic E-state index is -2.01. The molecule has 0 saturated heterocycles. The number of rotatable bonds is 3. The number of hydrogen-bond donors (Lipinski definition) is 1. The molecule has 15 heavy (non-hydrogen) atoms. The maximum atomic E-state index is 11.1. The van der Waals surface area contributed by atoms with Crippen molar-refractivity contribution >= 4 is 28.6 Å². The summed E-state index contributed by atoms with van der Waals surface area (Å²) in [6, 6.07) is 6.56. The van der Waals surface area contributed by atoms with Gasteiger partial charge in [-0.2, -0.15) is 0 Å². The van der Waals surface area contributed by atoms with Gasteiger partial charge in [0.25, 0.3) is 0 Å². The van der Waals surface area contributed by atoms with Crippen LogP contribution in [0, 0.1) is 0 Å². The molecule has 5 heteroatoms. The minimum absolute atomic E-state index is 0.366. The zero-order valence-corrected chi connectivity index (χ0v) is 9.18. The lowest BCUT2D eigenvalue weighted by Crippen LogP contribution is -2.34. The fourth-order valence-electron chi connectivity index (χ4n) is 1.29. The average Bonchev–Trinajstić information content (AvgIpc) is 2.89. The van der Waals surface area contributed by atoms with Crippen molar-refractivity contribution in [1.82, 2.24) is 0 Å². The van der Waals surface area contributed by atoms with Gasteiger partial charge < -0.3 is 5.11 Å². The first-order valence-electron chi connectivity index (χ1n) is 4.17. The first kappa shape index (κ1) is 10.4. The number of carbonyl (C=O) groups is 1. The molecule has 0 saturated carbocycles. The molecule has 0 fully saturated rings. The third-order valence-corrected chi connectivity index (χ3v) is 4.01. The van der Waals surface area contributed by atoms with Crippen molar-refractivity contribution in [3.05, 3.63) is 44.8 Å². The van der Waals surface area contributed by atoms with Crippen LogP contribution >= 0.6 is 22.7 Å². The molecule has 2 heterocycles. The van der Waals surface area contributed by atoms with E-state index in [1.165, 1.54) is 22.7 Å². The highest BCUT2D eigenvalue weighted by Gasteiger charge is 2.43. The number of thiophene rings is 2. The van der Waals surface area contributed by atoms with Crippen LogP contribution in [0.3, 0.4) is 0 Å². The Bertz CT molecular complexity index is 411. The van der Waals surface area contributed by atoms with Crippen LogP contribution in [0.25, 0.3) is 0 Å². The van der Waals surface area contributed by atoms with E-state index >= 15 is 0 Å². The maximum absolute atomic E-state index is 11.1. The lowest BCUT2D eigenvalue weighted by molar-refractivity contribution is -0.161. The topological polar surface area (TPSA) is 57.2 Å². The molecule has 3 nitrogen and oxygen atoms in total. The average molecular weight is 239 g/mol. The van der Waals surface area contributed by atoms with Crippen molar-refractivity contribution in [2.75, 3.05) is 0 Å². The van der Waals surface area contributed by atoms with E-state index in [1.807, 2.05) is 0 Å². The number of carbonyl (C=O) groups excluding carboxylic acids is 1. The van der Waals surface area contributed by atoms with E-state index in [0.717, 1.165) is 0 Å². The molecule has 0 unspecified atom stereocenters. The Hall–Kier alpha value is -1.17. The fraction of sp³-hybridized carbons (Fsp3) is 0.100. The van der Waals surface area contributed by atoms with Crippen LogP contribution in [0.2, 0.25) is 0 Å². The molecular formula is C10H7O3S2. The van der Waals surface area contributed by atoms with E-state index in [-0.39, 0.29) is 0 Å². The third kappa shape index (κ3) is 1.58. The second-order valence-corrected chi connectivity index (χ2v) is 4.85. The lowest BCUT2D eigenvalue weighted by atomic mass is 10.0. The first-order chi connectivity index (χ1) is 7.15. The van der Waals surface area contributed by atoms with Crippen LogP contribution in [0.1, 0.15) is 9.75 Å². The molecule has 0 amide bonds. The molecule has 2 aromatic rings. The van der Waals surface area contributed by atoms with Crippen molar-refractivity contribution in [3.8, 4) is 0 Å². The molecule has 2 aromatic heterocycles. The van der Waals surface area contributed by atoms with Gasteiger partial charge in [-0.25, -0.2) is 9.90 Å². The first-order valence-corrected chi connectivity index (χ1v) is 5.93.